The molecule has 0 amide bonds. The van der Waals surface area contributed by atoms with E-state index in [2.05, 4.69) is 13.8 Å². The molecule has 0 bridgehead atoms. The Bertz CT molecular complexity index is 115. The van der Waals surface area contributed by atoms with Gasteiger partial charge in [-0.05, 0) is 18.8 Å². The molecular weight excluding hydrogens is 174 g/mol. The van der Waals surface area contributed by atoms with Gasteiger partial charge in [0.1, 0.15) is 6.23 Å². The highest BCUT2D eigenvalue weighted by molar-refractivity contribution is 4.48. The molecule has 0 aromatic rings. The van der Waals surface area contributed by atoms with Crippen molar-refractivity contribution >= 4 is 0 Å². The standard InChI is InChI=1S/C12H27NO/c1-4-12(13)14-10-8-6-5-7-9-11(2)3/h11-12H,4-10,13H2,1-3H3. The Morgan fingerprint density at radius 2 is 1.71 bits per heavy atom. The van der Waals surface area contributed by atoms with Crippen molar-refractivity contribution in [2.24, 2.45) is 11.7 Å². The van der Waals surface area contributed by atoms with Crippen LogP contribution >= 0.6 is 0 Å². The molecule has 2 N–H and O–H groups in total. The van der Waals surface area contributed by atoms with Crippen LogP contribution in [-0.2, 0) is 4.74 Å². The Morgan fingerprint density at radius 1 is 1.07 bits per heavy atom. The van der Waals surface area contributed by atoms with E-state index in [1.807, 2.05) is 6.92 Å². The first-order valence-electron chi connectivity index (χ1n) is 6.04. The van der Waals surface area contributed by atoms with Crippen molar-refractivity contribution in [1.82, 2.24) is 0 Å². The number of ether oxygens (including phenoxy) is 1. The van der Waals surface area contributed by atoms with Crippen molar-refractivity contribution in [3.63, 3.8) is 0 Å². The summed E-state index contributed by atoms with van der Waals surface area (Å²) in [4.78, 5) is 0. The summed E-state index contributed by atoms with van der Waals surface area (Å²) >= 11 is 0. The van der Waals surface area contributed by atoms with Crippen LogP contribution in [0.1, 0.15) is 59.3 Å². The Labute approximate surface area is 89.2 Å². The van der Waals surface area contributed by atoms with Gasteiger partial charge in [-0.1, -0.05) is 46.5 Å². The highest BCUT2D eigenvalue weighted by Crippen LogP contribution is 2.09. The predicted octanol–water partition coefficient (Wildman–Crippen LogP) is 3.30. The van der Waals surface area contributed by atoms with Crippen LogP contribution in [0.25, 0.3) is 0 Å². The van der Waals surface area contributed by atoms with Gasteiger partial charge in [-0.15, -0.1) is 0 Å². The monoisotopic (exact) mass is 201 g/mol. The van der Waals surface area contributed by atoms with Crippen molar-refractivity contribution in [3.8, 4) is 0 Å². The van der Waals surface area contributed by atoms with Crippen LogP contribution in [0.15, 0.2) is 0 Å². The third-order valence-corrected chi connectivity index (χ3v) is 2.41. The maximum Gasteiger partial charge on any atom is 0.105 e. The smallest absolute Gasteiger partial charge is 0.105 e. The lowest BCUT2D eigenvalue weighted by atomic mass is 10.0. The molecule has 2 heteroatoms. The molecule has 1 unspecified atom stereocenters. The molecule has 0 heterocycles. The SMILES string of the molecule is CCC(N)OCCCCCCC(C)C. The number of nitrogens with two attached hydrogens (primary N) is 1. The Morgan fingerprint density at radius 3 is 2.29 bits per heavy atom. The second-order valence-electron chi connectivity index (χ2n) is 4.41. The lowest BCUT2D eigenvalue weighted by Gasteiger charge is -2.10. The van der Waals surface area contributed by atoms with E-state index in [0.717, 1.165) is 25.4 Å². The molecule has 0 aromatic carbocycles. The summed E-state index contributed by atoms with van der Waals surface area (Å²) in [7, 11) is 0. The number of rotatable bonds is 9. The number of unbranched alkanes of at least 4 members (excludes halogenated alkanes) is 3. The molecule has 0 aliphatic carbocycles. The van der Waals surface area contributed by atoms with Crippen LogP contribution in [-0.4, -0.2) is 12.8 Å². The molecule has 2 nitrogen and oxygen atoms in total. The molecule has 0 aromatic heterocycles. The molecule has 0 radical (unpaired) electrons. The Hall–Kier alpha value is -0.0800. The quantitative estimate of drug-likeness (QED) is 0.459. The first-order chi connectivity index (χ1) is 6.66. The molecule has 86 valence electrons. The lowest BCUT2D eigenvalue weighted by Crippen LogP contribution is -2.22. The van der Waals surface area contributed by atoms with E-state index in [4.69, 9.17) is 10.5 Å². The van der Waals surface area contributed by atoms with Crippen LogP contribution in [0.4, 0.5) is 0 Å². The predicted molar refractivity (Wildman–Crippen MR) is 62.1 cm³/mol. The zero-order chi connectivity index (χ0) is 10.8. The van der Waals surface area contributed by atoms with Gasteiger partial charge in [0.15, 0.2) is 0 Å². The zero-order valence-electron chi connectivity index (χ0n) is 10.1. The number of hydrogen-bond acceptors (Lipinski definition) is 2. The summed E-state index contributed by atoms with van der Waals surface area (Å²) in [5.41, 5.74) is 5.63. The molecule has 0 saturated heterocycles. The minimum Gasteiger partial charge on any atom is -0.364 e. The van der Waals surface area contributed by atoms with Gasteiger partial charge in [-0.25, -0.2) is 0 Å². The van der Waals surface area contributed by atoms with Gasteiger partial charge >= 0.3 is 0 Å². The Balaban J connectivity index is 2.99. The van der Waals surface area contributed by atoms with Crippen molar-refractivity contribution in [2.45, 2.75) is 65.5 Å². The van der Waals surface area contributed by atoms with Crippen LogP contribution in [0, 0.1) is 5.92 Å². The average molecular weight is 201 g/mol. The summed E-state index contributed by atoms with van der Waals surface area (Å²) in [6.07, 6.45) is 7.35. The van der Waals surface area contributed by atoms with E-state index in [1.165, 1.54) is 25.7 Å². The first kappa shape index (κ1) is 13.9. The fraction of sp³-hybridized carbons (Fsp3) is 1.00. The fourth-order valence-corrected chi connectivity index (χ4v) is 1.36. The van der Waals surface area contributed by atoms with Gasteiger partial charge < -0.3 is 10.5 Å². The highest BCUT2D eigenvalue weighted by atomic mass is 16.5. The third-order valence-electron chi connectivity index (χ3n) is 2.41. The summed E-state index contributed by atoms with van der Waals surface area (Å²) in [5, 5.41) is 0. The van der Waals surface area contributed by atoms with E-state index in [9.17, 15) is 0 Å². The van der Waals surface area contributed by atoms with Crippen molar-refractivity contribution < 1.29 is 4.74 Å². The minimum atomic E-state index is -0.0503. The van der Waals surface area contributed by atoms with Crippen molar-refractivity contribution in [2.75, 3.05) is 6.61 Å². The molecule has 14 heavy (non-hydrogen) atoms. The molecular formula is C12H27NO. The third kappa shape index (κ3) is 10.0. The molecule has 0 aliphatic heterocycles. The molecule has 1 atom stereocenters. The van der Waals surface area contributed by atoms with E-state index in [-0.39, 0.29) is 6.23 Å². The van der Waals surface area contributed by atoms with Crippen LogP contribution in [0.2, 0.25) is 0 Å². The molecule has 0 rings (SSSR count). The van der Waals surface area contributed by atoms with Crippen LogP contribution in [0.3, 0.4) is 0 Å². The zero-order valence-corrected chi connectivity index (χ0v) is 10.1. The second-order valence-corrected chi connectivity index (χ2v) is 4.41. The van der Waals surface area contributed by atoms with E-state index in [0.29, 0.717) is 0 Å². The topological polar surface area (TPSA) is 35.2 Å². The molecule has 0 fully saturated rings. The summed E-state index contributed by atoms with van der Waals surface area (Å²) in [6.45, 7) is 7.44. The highest BCUT2D eigenvalue weighted by Gasteiger charge is 1.98. The largest absolute Gasteiger partial charge is 0.364 e. The lowest BCUT2D eigenvalue weighted by molar-refractivity contribution is 0.0525. The van der Waals surface area contributed by atoms with E-state index >= 15 is 0 Å². The minimum absolute atomic E-state index is 0.0503. The van der Waals surface area contributed by atoms with E-state index < -0.39 is 0 Å². The van der Waals surface area contributed by atoms with Gasteiger partial charge in [0, 0.05) is 6.61 Å². The molecule has 0 aliphatic rings. The van der Waals surface area contributed by atoms with Gasteiger partial charge in [0.2, 0.25) is 0 Å². The average Bonchev–Trinajstić information content (AvgIpc) is 2.15. The van der Waals surface area contributed by atoms with Gasteiger partial charge in [0.05, 0.1) is 0 Å². The van der Waals surface area contributed by atoms with Gasteiger partial charge in [0.25, 0.3) is 0 Å². The summed E-state index contributed by atoms with van der Waals surface area (Å²) < 4.78 is 5.40. The maximum atomic E-state index is 5.63. The van der Waals surface area contributed by atoms with Gasteiger partial charge in [-0.3, -0.25) is 0 Å². The maximum absolute atomic E-state index is 5.63. The molecule has 0 saturated carbocycles. The van der Waals surface area contributed by atoms with Crippen molar-refractivity contribution in [3.05, 3.63) is 0 Å². The normalized spacial score (nSPS) is 13.5. The summed E-state index contributed by atoms with van der Waals surface area (Å²) in [6, 6.07) is 0. The Kier molecular flexibility index (Phi) is 9.42. The van der Waals surface area contributed by atoms with Gasteiger partial charge in [-0.2, -0.15) is 0 Å². The first-order valence-corrected chi connectivity index (χ1v) is 6.04. The number of hydrogen-bond donors (Lipinski definition) is 1. The second kappa shape index (κ2) is 9.47. The van der Waals surface area contributed by atoms with Crippen molar-refractivity contribution in [1.29, 1.82) is 0 Å². The summed E-state index contributed by atoms with van der Waals surface area (Å²) in [5.74, 6) is 0.847. The molecule has 0 spiro atoms. The van der Waals surface area contributed by atoms with Crippen LogP contribution in [0.5, 0.6) is 0 Å². The van der Waals surface area contributed by atoms with Crippen LogP contribution < -0.4 is 5.73 Å². The fourth-order valence-electron chi connectivity index (χ4n) is 1.36. The van der Waals surface area contributed by atoms with E-state index in [1.54, 1.807) is 0 Å².